The van der Waals surface area contributed by atoms with Crippen molar-refractivity contribution in [3.05, 3.63) is 30.1 Å². The molecule has 0 aromatic heterocycles. The predicted octanol–water partition coefficient (Wildman–Crippen LogP) is 1.72. The van der Waals surface area contributed by atoms with Crippen molar-refractivity contribution in [2.45, 2.75) is 12.8 Å². The van der Waals surface area contributed by atoms with E-state index in [9.17, 15) is 9.18 Å². The Labute approximate surface area is 116 Å². The zero-order valence-electron chi connectivity index (χ0n) is 10.4. The molecule has 4 nitrogen and oxygen atoms in total. The molecule has 19 heavy (non-hydrogen) atoms. The molecule has 1 saturated heterocycles. The molecule has 1 fully saturated rings. The van der Waals surface area contributed by atoms with Crippen LogP contribution in [0.4, 0.5) is 10.1 Å². The third-order valence-electron chi connectivity index (χ3n) is 3.30. The lowest BCUT2D eigenvalue weighted by molar-refractivity contribution is -0.122. The number of benzene rings is 1. The number of thiocarbonyl (C=S) groups is 1. The van der Waals surface area contributed by atoms with Gasteiger partial charge in [-0.3, -0.25) is 4.79 Å². The number of likely N-dealkylation sites (tertiary alicyclic amines) is 1. The van der Waals surface area contributed by atoms with Gasteiger partial charge in [0.05, 0.1) is 5.69 Å². The van der Waals surface area contributed by atoms with Crippen molar-refractivity contribution in [1.82, 2.24) is 4.90 Å². The van der Waals surface area contributed by atoms with Gasteiger partial charge in [-0.2, -0.15) is 0 Å². The number of para-hydroxylation sites is 1. The number of anilines is 1. The van der Waals surface area contributed by atoms with Crippen LogP contribution in [0.5, 0.6) is 0 Å². The molecule has 0 aliphatic carbocycles. The number of primary amides is 1. The molecule has 1 aliphatic rings. The highest BCUT2D eigenvalue weighted by molar-refractivity contribution is 7.80. The molecule has 0 atom stereocenters. The molecule has 1 aliphatic heterocycles. The number of halogens is 1. The Kier molecular flexibility index (Phi) is 4.31. The van der Waals surface area contributed by atoms with E-state index in [0.29, 0.717) is 36.7 Å². The van der Waals surface area contributed by atoms with Gasteiger partial charge in [-0.25, -0.2) is 4.39 Å². The van der Waals surface area contributed by atoms with Crippen LogP contribution in [-0.4, -0.2) is 29.0 Å². The van der Waals surface area contributed by atoms with Crippen LogP contribution in [0.25, 0.3) is 0 Å². The number of nitrogens with two attached hydrogens (primary N) is 1. The number of nitrogens with zero attached hydrogens (tertiary/aromatic N) is 1. The van der Waals surface area contributed by atoms with Crippen LogP contribution in [0.1, 0.15) is 12.8 Å². The average Bonchev–Trinajstić information content (AvgIpc) is 2.41. The van der Waals surface area contributed by atoms with Gasteiger partial charge in [-0.1, -0.05) is 12.1 Å². The summed E-state index contributed by atoms with van der Waals surface area (Å²) in [4.78, 5) is 13.0. The van der Waals surface area contributed by atoms with Crippen molar-refractivity contribution in [1.29, 1.82) is 0 Å². The summed E-state index contributed by atoms with van der Waals surface area (Å²) in [7, 11) is 0. The summed E-state index contributed by atoms with van der Waals surface area (Å²) >= 11 is 5.25. The van der Waals surface area contributed by atoms with E-state index in [2.05, 4.69) is 5.32 Å². The third-order valence-corrected chi connectivity index (χ3v) is 3.66. The molecular formula is C13H16FN3OS. The van der Waals surface area contributed by atoms with E-state index in [1.807, 2.05) is 4.90 Å². The minimum Gasteiger partial charge on any atom is -0.369 e. The number of piperidine rings is 1. The number of amides is 1. The van der Waals surface area contributed by atoms with Crippen molar-refractivity contribution >= 4 is 28.9 Å². The summed E-state index contributed by atoms with van der Waals surface area (Å²) in [6.07, 6.45) is 1.38. The van der Waals surface area contributed by atoms with Crippen molar-refractivity contribution in [2.75, 3.05) is 18.4 Å². The van der Waals surface area contributed by atoms with E-state index < -0.39 is 0 Å². The molecule has 3 N–H and O–H groups in total. The van der Waals surface area contributed by atoms with E-state index in [0.717, 1.165) is 0 Å². The Morgan fingerprint density at radius 3 is 2.58 bits per heavy atom. The van der Waals surface area contributed by atoms with Gasteiger partial charge in [0.1, 0.15) is 5.82 Å². The predicted molar refractivity (Wildman–Crippen MR) is 76.1 cm³/mol. The molecule has 6 heteroatoms. The maximum Gasteiger partial charge on any atom is 0.220 e. The fourth-order valence-electron chi connectivity index (χ4n) is 2.12. The van der Waals surface area contributed by atoms with Gasteiger partial charge in [-0.05, 0) is 37.2 Å². The Bertz CT molecular complexity index is 487. The molecule has 0 radical (unpaired) electrons. The zero-order valence-corrected chi connectivity index (χ0v) is 11.3. The molecule has 0 saturated carbocycles. The van der Waals surface area contributed by atoms with E-state index in [-0.39, 0.29) is 17.6 Å². The quantitative estimate of drug-likeness (QED) is 0.810. The summed E-state index contributed by atoms with van der Waals surface area (Å²) in [6.45, 7) is 1.32. The lowest BCUT2D eigenvalue weighted by Gasteiger charge is -2.32. The van der Waals surface area contributed by atoms with Crippen molar-refractivity contribution < 1.29 is 9.18 Å². The average molecular weight is 281 g/mol. The van der Waals surface area contributed by atoms with Crippen LogP contribution in [0.3, 0.4) is 0 Å². The van der Waals surface area contributed by atoms with Crippen LogP contribution in [-0.2, 0) is 4.79 Å². The first-order valence-corrected chi connectivity index (χ1v) is 6.58. The van der Waals surface area contributed by atoms with Crippen LogP contribution in [0, 0.1) is 11.7 Å². The van der Waals surface area contributed by atoms with Crippen molar-refractivity contribution in [2.24, 2.45) is 11.7 Å². The SMILES string of the molecule is NC(=O)C1CCN(C(=S)Nc2ccccc2F)CC1. The standard InChI is InChI=1S/C13H16FN3OS/c14-10-3-1-2-4-11(10)16-13(19)17-7-5-9(6-8-17)12(15)18/h1-4,9H,5-8H2,(H2,15,18)(H,16,19). The normalized spacial score (nSPS) is 16.2. The summed E-state index contributed by atoms with van der Waals surface area (Å²) in [5.41, 5.74) is 5.64. The number of carbonyl (C=O) groups is 1. The van der Waals surface area contributed by atoms with Crippen LogP contribution in [0.15, 0.2) is 24.3 Å². The number of nitrogens with one attached hydrogen (secondary N) is 1. The highest BCUT2D eigenvalue weighted by Gasteiger charge is 2.24. The molecule has 1 amide bonds. The van der Waals surface area contributed by atoms with Crippen LogP contribution in [0.2, 0.25) is 0 Å². The Hall–Kier alpha value is -1.69. The minimum absolute atomic E-state index is 0.0764. The number of carbonyl (C=O) groups excluding carboxylic acids is 1. The maximum atomic E-state index is 13.5. The summed E-state index contributed by atoms with van der Waals surface area (Å²) < 4.78 is 13.5. The second-order valence-electron chi connectivity index (χ2n) is 4.57. The maximum absolute atomic E-state index is 13.5. The second kappa shape index (κ2) is 5.97. The molecular weight excluding hydrogens is 265 g/mol. The largest absolute Gasteiger partial charge is 0.369 e. The Balaban J connectivity index is 1.92. The number of hydrogen-bond acceptors (Lipinski definition) is 2. The van der Waals surface area contributed by atoms with Gasteiger partial charge in [0.15, 0.2) is 5.11 Å². The molecule has 0 spiro atoms. The summed E-state index contributed by atoms with van der Waals surface area (Å²) in [5, 5.41) is 3.37. The molecule has 1 aromatic carbocycles. The van der Waals surface area contributed by atoms with Gasteiger partial charge < -0.3 is 16.0 Å². The van der Waals surface area contributed by atoms with Gasteiger partial charge in [-0.15, -0.1) is 0 Å². The minimum atomic E-state index is -0.336. The highest BCUT2D eigenvalue weighted by Crippen LogP contribution is 2.19. The summed E-state index contributed by atoms with van der Waals surface area (Å²) in [6, 6.07) is 6.39. The van der Waals surface area contributed by atoms with Crippen LogP contribution < -0.4 is 11.1 Å². The number of hydrogen-bond donors (Lipinski definition) is 2. The lowest BCUT2D eigenvalue weighted by Crippen LogP contribution is -2.43. The fraction of sp³-hybridized carbons (Fsp3) is 0.385. The fourth-order valence-corrected chi connectivity index (χ4v) is 2.42. The van der Waals surface area contributed by atoms with Crippen molar-refractivity contribution in [3.63, 3.8) is 0 Å². The van der Waals surface area contributed by atoms with E-state index in [1.54, 1.807) is 18.2 Å². The first-order valence-electron chi connectivity index (χ1n) is 6.17. The second-order valence-corrected chi connectivity index (χ2v) is 4.96. The lowest BCUT2D eigenvalue weighted by atomic mass is 9.97. The first-order chi connectivity index (χ1) is 9.08. The van der Waals surface area contributed by atoms with E-state index >= 15 is 0 Å². The third kappa shape index (κ3) is 3.41. The Morgan fingerprint density at radius 2 is 2.00 bits per heavy atom. The first kappa shape index (κ1) is 13.7. The van der Waals surface area contributed by atoms with Gasteiger partial charge in [0.2, 0.25) is 5.91 Å². The number of rotatable bonds is 2. The van der Waals surface area contributed by atoms with Gasteiger partial charge in [0, 0.05) is 19.0 Å². The van der Waals surface area contributed by atoms with Crippen molar-refractivity contribution in [3.8, 4) is 0 Å². The monoisotopic (exact) mass is 281 g/mol. The highest BCUT2D eigenvalue weighted by atomic mass is 32.1. The molecule has 102 valence electrons. The molecule has 2 rings (SSSR count). The van der Waals surface area contributed by atoms with Gasteiger partial charge in [0.25, 0.3) is 0 Å². The van der Waals surface area contributed by atoms with Crippen LogP contribution >= 0.6 is 12.2 Å². The smallest absolute Gasteiger partial charge is 0.220 e. The van der Waals surface area contributed by atoms with E-state index in [1.165, 1.54) is 6.07 Å². The molecule has 1 aromatic rings. The summed E-state index contributed by atoms with van der Waals surface area (Å²) in [5.74, 6) is -0.669. The zero-order chi connectivity index (χ0) is 13.8. The Morgan fingerprint density at radius 1 is 1.37 bits per heavy atom. The molecule has 0 unspecified atom stereocenters. The topological polar surface area (TPSA) is 58.4 Å². The molecule has 0 bridgehead atoms. The van der Waals surface area contributed by atoms with Gasteiger partial charge >= 0.3 is 0 Å². The molecule has 1 heterocycles. The van der Waals surface area contributed by atoms with E-state index in [4.69, 9.17) is 18.0 Å².